The molecule has 0 aliphatic rings. The van der Waals surface area contributed by atoms with E-state index < -0.39 is 0 Å². The molecule has 0 radical (unpaired) electrons. The lowest BCUT2D eigenvalue weighted by molar-refractivity contribution is -0.119. The lowest BCUT2D eigenvalue weighted by Gasteiger charge is -2.11. The van der Waals surface area contributed by atoms with Crippen LogP contribution in [-0.2, 0) is 4.79 Å². The van der Waals surface area contributed by atoms with Gasteiger partial charge in [0, 0.05) is 11.6 Å². The highest BCUT2D eigenvalue weighted by Gasteiger charge is 2.12. The average Bonchev–Trinajstić information content (AvgIpc) is 2.24. The molecular weight excluding hydrogens is 207 g/mol. The van der Waals surface area contributed by atoms with Crippen molar-refractivity contribution < 1.29 is 9.18 Å². The minimum absolute atomic E-state index is 0.0866. The number of rotatable bonds is 4. The van der Waals surface area contributed by atoms with Crippen molar-refractivity contribution in [1.29, 1.82) is 0 Å². The summed E-state index contributed by atoms with van der Waals surface area (Å²) in [4.78, 5) is 11.6. The highest BCUT2D eigenvalue weighted by atomic mass is 19.1. The maximum atomic E-state index is 13.0. The fraction of sp³-hybridized carbons (Fsp3) is 0.417. The molecule has 1 rings (SSSR count). The number of halogens is 1. The Bertz CT molecular complexity index is 379. The molecule has 0 aromatic heterocycles. The van der Waals surface area contributed by atoms with Gasteiger partial charge in [-0.3, -0.25) is 4.79 Å². The number of benzene rings is 1. The van der Waals surface area contributed by atoms with Crippen LogP contribution in [0.3, 0.4) is 0 Å². The molecule has 0 saturated carbocycles. The molecule has 1 atom stereocenters. The average molecular weight is 224 g/mol. The standard InChI is InChI=1S/C12H17FN2O/c1-8(5-6-14)12(16)15-10-3-4-11(13)9(2)7-10/h3-4,7-8H,5-6,14H2,1-2H3,(H,15,16). The summed E-state index contributed by atoms with van der Waals surface area (Å²) in [6.07, 6.45) is 0.645. The molecule has 3 nitrogen and oxygen atoms in total. The second-order valence-electron chi connectivity index (χ2n) is 3.93. The van der Waals surface area contributed by atoms with E-state index in [-0.39, 0.29) is 17.6 Å². The van der Waals surface area contributed by atoms with E-state index in [0.29, 0.717) is 24.2 Å². The topological polar surface area (TPSA) is 55.1 Å². The van der Waals surface area contributed by atoms with Crippen LogP contribution >= 0.6 is 0 Å². The van der Waals surface area contributed by atoms with Crippen molar-refractivity contribution in [2.45, 2.75) is 20.3 Å². The van der Waals surface area contributed by atoms with Crippen molar-refractivity contribution in [3.8, 4) is 0 Å². The Hall–Kier alpha value is -1.42. The van der Waals surface area contributed by atoms with Gasteiger partial charge in [0.1, 0.15) is 5.82 Å². The Balaban J connectivity index is 2.66. The number of amides is 1. The van der Waals surface area contributed by atoms with E-state index in [0.717, 1.165) is 0 Å². The van der Waals surface area contributed by atoms with Crippen LogP contribution in [0.2, 0.25) is 0 Å². The van der Waals surface area contributed by atoms with Crippen molar-refractivity contribution in [2.24, 2.45) is 11.7 Å². The van der Waals surface area contributed by atoms with Gasteiger partial charge in [0.05, 0.1) is 0 Å². The fourth-order valence-corrected chi connectivity index (χ4v) is 1.37. The predicted octanol–water partition coefficient (Wildman–Crippen LogP) is 2.06. The quantitative estimate of drug-likeness (QED) is 0.822. The number of carbonyl (C=O) groups excluding carboxylic acids is 1. The Kier molecular flexibility index (Phi) is 4.43. The maximum absolute atomic E-state index is 13.0. The van der Waals surface area contributed by atoms with Gasteiger partial charge in [0.15, 0.2) is 0 Å². The van der Waals surface area contributed by atoms with Gasteiger partial charge in [0.2, 0.25) is 5.91 Å². The number of aryl methyl sites for hydroxylation is 1. The van der Waals surface area contributed by atoms with E-state index in [1.165, 1.54) is 6.07 Å². The Labute approximate surface area is 94.8 Å². The number of nitrogens with one attached hydrogen (secondary N) is 1. The van der Waals surface area contributed by atoms with Crippen molar-refractivity contribution in [1.82, 2.24) is 0 Å². The Morgan fingerprint density at radius 2 is 2.25 bits per heavy atom. The lowest BCUT2D eigenvalue weighted by Crippen LogP contribution is -2.22. The van der Waals surface area contributed by atoms with Gasteiger partial charge < -0.3 is 11.1 Å². The van der Waals surface area contributed by atoms with Crippen molar-refractivity contribution in [3.05, 3.63) is 29.6 Å². The molecule has 0 heterocycles. The molecule has 4 heteroatoms. The van der Waals surface area contributed by atoms with Crippen LogP contribution in [0.1, 0.15) is 18.9 Å². The number of carbonyl (C=O) groups is 1. The first-order chi connectivity index (χ1) is 7.54. The van der Waals surface area contributed by atoms with Crippen molar-refractivity contribution in [2.75, 3.05) is 11.9 Å². The maximum Gasteiger partial charge on any atom is 0.227 e. The SMILES string of the molecule is Cc1cc(NC(=O)C(C)CCN)ccc1F. The van der Waals surface area contributed by atoms with Crippen LogP contribution in [-0.4, -0.2) is 12.5 Å². The van der Waals surface area contributed by atoms with Crippen LogP contribution in [0.4, 0.5) is 10.1 Å². The molecule has 1 amide bonds. The highest BCUT2D eigenvalue weighted by molar-refractivity contribution is 5.92. The summed E-state index contributed by atoms with van der Waals surface area (Å²) in [6.45, 7) is 3.96. The summed E-state index contributed by atoms with van der Waals surface area (Å²) in [5.74, 6) is -0.486. The summed E-state index contributed by atoms with van der Waals surface area (Å²) >= 11 is 0. The molecule has 1 aromatic carbocycles. The van der Waals surface area contributed by atoms with E-state index in [1.807, 2.05) is 6.92 Å². The van der Waals surface area contributed by atoms with Gasteiger partial charge in [-0.25, -0.2) is 4.39 Å². The summed E-state index contributed by atoms with van der Waals surface area (Å²) in [6, 6.07) is 4.51. The second kappa shape index (κ2) is 5.61. The van der Waals surface area contributed by atoms with Crippen LogP contribution in [0.5, 0.6) is 0 Å². The zero-order chi connectivity index (χ0) is 12.1. The van der Waals surface area contributed by atoms with Gasteiger partial charge in [-0.1, -0.05) is 6.92 Å². The third kappa shape index (κ3) is 3.31. The zero-order valence-corrected chi connectivity index (χ0v) is 9.59. The van der Waals surface area contributed by atoms with E-state index in [2.05, 4.69) is 5.32 Å². The minimum atomic E-state index is -0.270. The third-order valence-electron chi connectivity index (χ3n) is 2.47. The van der Waals surface area contributed by atoms with Crippen molar-refractivity contribution in [3.63, 3.8) is 0 Å². The number of nitrogens with two attached hydrogens (primary N) is 1. The van der Waals surface area contributed by atoms with E-state index >= 15 is 0 Å². The molecule has 0 bridgehead atoms. The molecule has 3 N–H and O–H groups in total. The second-order valence-corrected chi connectivity index (χ2v) is 3.93. The van der Waals surface area contributed by atoms with Crippen LogP contribution in [0.15, 0.2) is 18.2 Å². The Morgan fingerprint density at radius 1 is 1.56 bits per heavy atom. The summed E-state index contributed by atoms with van der Waals surface area (Å²) < 4.78 is 13.0. The van der Waals surface area contributed by atoms with E-state index in [1.54, 1.807) is 19.1 Å². The largest absolute Gasteiger partial charge is 0.330 e. The number of anilines is 1. The zero-order valence-electron chi connectivity index (χ0n) is 9.59. The third-order valence-corrected chi connectivity index (χ3v) is 2.47. The smallest absolute Gasteiger partial charge is 0.227 e. The molecule has 0 aliphatic carbocycles. The predicted molar refractivity (Wildman–Crippen MR) is 62.6 cm³/mol. The first-order valence-corrected chi connectivity index (χ1v) is 5.31. The normalized spacial score (nSPS) is 12.2. The van der Waals surface area contributed by atoms with Crippen LogP contribution in [0, 0.1) is 18.7 Å². The fourth-order valence-electron chi connectivity index (χ4n) is 1.37. The van der Waals surface area contributed by atoms with Crippen LogP contribution in [0.25, 0.3) is 0 Å². The molecule has 0 saturated heterocycles. The minimum Gasteiger partial charge on any atom is -0.330 e. The van der Waals surface area contributed by atoms with E-state index in [4.69, 9.17) is 5.73 Å². The molecule has 1 aromatic rings. The molecule has 16 heavy (non-hydrogen) atoms. The first kappa shape index (κ1) is 12.6. The number of hydrogen-bond acceptors (Lipinski definition) is 2. The van der Waals surface area contributed by atoms with Crippen molar-refractivity contribution >= 4 is 11.6 Å². The molecular formula is C12H17FN2O. The van der Waals surface area contributed by atoms with E-state index in [9.17, 15) is 9.18 Å². The lowest BCUT2D eigenvalue weighted by atomic mass is 10.1. The summed E-state index contributed by atoms with van der Waals surface area (Å²) in [7, 11) is 0. The molecule has 88 valence electrons. The summed E-state index contributed by atoms with van der Waals surface area (Å²) in [5.41, 5.74) is 6.51. The molecule has 0 spiro atoms. The van der Waals surface area contributed by atoms with Gasteiger partial charge >= 0.3 is 0 Å². The first-order valence-electron chi connectivity index (χ1n) is 5.31. The summed E-state index contributed by atoms with van der Waals surface area (Å²) in [5, 5.41) is 2.73. The molecule has 1 unspecified atom stereocenters. The Morgan fingerprint density at radius 3 is 2.81 bits per heavy atom. The number of hydrogen-bond donors (Lipinski definition) is 2. The monoisotopic (exact) mass is 224 g/mol. The van der Waals surface area contributed by atoms with Gasteiger partial charge in [-0.2, -0.15) is 0 Å². The molecule has 0 aliphatic heterocycles. The molecule has 0 fully saturated rings. The highest BCUT2D eigenvalue weighted by Crippen LogP contribution is 2.15. The van der Waals surface area contributed by atoms with Gasteiger partial charge in [-0.15, -0.1) is 0 Å². The van der Waals surface area contributed by atoms with Gasteiger partial charge in [0.25, 0.3) is 0 Å². The van der Waals surface area contributed by atoms with Gasteiger partial charge in [-0.05, 0) is 43.7 Å². The van der Waals surface area contributed by atoms with Crippen LogP contribution < -0.4 is 11.1 Å².